The number of halogens is 1. The van der Waals surface area contributed by atoms with E-state index in [1.807, 2.05) is 6.07 Å². The van der Waals surface area contributed by atoms with Crippen molar-refractivity contribution in [1.82, 2.24) is 5.32 Å². The number of ether oxygens (including phenoxy) is 1. The molecular weight excluding hydrogens is 302 g/mol. The van der Waals surface area contributed by atoms with Crippen LogP contribution >= 0.6 is 15.9 Å². The van der Waals surface area contributed by atoms with Crippen LogP contribution in [0.2, 0.25) is 0 Å². The lowest BCUT2D eigenvalue weighted by Gasteiger charge is -2.31. The summed E-state index contributed by atoms with van der Waals surface area (Å²) in [5.74, 6) is 1.84. The molecule has 0 spiro atoms. The van der Waals surface area contributed by atoms with Crippen molar-refractivity contribution in [1.29, 1.82) is 0 Å². The van der Waals surface area contributed by atoms with Gasteiger partial charge >= 0.3 is 0 Å². The van der Waals surface area contributed by atoms with E-state index in [9.17, 15) is 0 Å². The van der Waals surface area contributed by atoms with Gasteiger partial charge < -0.3 is 10.1 Å². The quantitative estimate of drug-likeness (QED) is 0.785. The van der Waals surface area contributed by atoms with Gasteiger partial charge in [-0.1, -0.05) is 42.1 Å². The van der Waals surface area contributed by atoms with Gasteiger partial charge in [0.2, 0.25) is 0 Å². The SMILES string of the molecule is CCCNC(CC1CCC1)c1cc(OC)ccc1Br. The van der Waals surface area contributed by atoms with Gasteiger partial charge in [0.05, 0.1) is 7.11 Å². The second-order valence-electron chi connectivity index (χ2n) is 5.43. The van der Waals surface area contributed by atoms with Crippen molar-refractivity contribution in [3.05, 3.63) is 28.2 Å². The van der Waals surface area contributed by atoms with Gasteiger partial charge in [-0.3, -0.25) is 0 Å². The highest BCUT2D eigenvalue weighted by atomic mass is 79.9. The van der Waals surface area contributed by atoms with E-state index >= 15 is 0 Å². The second kappa shape index (κ2) is 7.30. The molecule has 1 aliphatic carbocycles. The fraction of sp³-hybridized carbons (Fsp3) is 0.625. The lowest BCUT2D eigenvalue weighted by molar-refractivity contribution is 0.260. The molecule has 0 saturated heterocycles. The molecule has 1 atom stereocenters. The number of benzene rings is 1. The minimum Gasteiger partial charge on any atom is -0.497 e. The van der Waals surface area contributed by atoms with E-state index in [1.54, 1.807) is 7.11 Å². The minimum atomic E-state index is 0.440. The van der Waals surface area contributed by atoms with Gasteiger partial charge in [0.1, 0.15) is 5.75 Å². The van der Waals surface area contributed by atoms with Crippen LogP contribution < -0.4 is 10.1 Å². The minimum absolute atomic E-state index is 0.440. The summed E-state index contributed by atoms with van der Waals surface area (Å²) in [5.41, 5.74) is 1.33. The largest absolute Gasteiger partial charge is 0.497 e. The summed E-state index contributed by atoms with van der Waals surface area (Å²) in [6.07, 6.45) is 6.61. The molecule has 1 aliphatic rings. The third-order valence-electron chi connectivity index (χ3n) is 4.01. The van der Waals surface area contributed by atoms with E-state index < -0.39 is 0 Å². The molecule has 0 aromatic heterocycles. The molecule has 106 valence electrons. The first-order valence-electron chi connectivity index (χ1n) is 7.31. The molecule has 2 nitrogen and oxygen atoms in total. The highest BCUT2D eigenvalue weighted by Crippen LogP contribution is 2.37. The van der Waals surface area contributed by atoms with Gasteiger partial charge in [0.25, 0.3) is 0 Å². The second-order valence-corrected chi connectivity index (χ2v) is 6.28. The Labute approximate surface area is 125 Å². The molecule has 1 saturated carbocycles. The molecule has 1 N–H and O–H groups in total. The monoisotopic (exact) mass is 325 g/mol. The number of hydrogen-bond acceptors (Lipinski definition) is 2. The van der Waals surface area contributed by atoms with E-state index in [-0.39, 0.29) is 0 Å². The normalized spacial score (nSPS) is 17.0. The molecule has 19 heavy (non-hydrogen) atoms. The summed E-state index contributed by atoms with van der Waals surface area (Å²) in [4.78, 5) is 0. The molecule has 3 heteroatoms. The summed E-state index contributed by atoms with van der Waals surface area (Å²) in [6.45, 7) is 3.29. The van der Waals surface area contributed by atoms with Crippen molar-refractivity contribution in [2.45, 2.75) is 45.1 Å². The third-order valence-corrected chi connectivity index (χ3v) is 4.74. The van der Waals surface area contributed by atoms with Crippen LogP contribution in [0.1, 0.15) is 50.6 Å². The first-order valence-corrected chi connectivity index (χ1v) is 8.10. The molecule has 0 radical (unpaired) electrons. The fourth-order valence-corrected chi connectivity index (χ4v) is 3.14. The summed E-state index contributed by atoms with van der Waals surface area (Å²) in [5, 5.41) is 3.69. The Bertz CT molecular complexity index is 404. The van der Waals surface area contributed by atoms with Gasteiger partial charge in [0, 0.05) is 10.5 Å². The van der Waals surface area contributed by atoms with E-state index in [0.717, 1.165) is 18.2 Å². The maximum atomic E-state index is 5.36. The highest BCUT2D eigenvalue weighted by molar-refractivity contribution is 9.10. The van der Waals surface area contributed by atoms with Gasteiger partial charge in [-0.05, 0) is 49.1 Å². The third kappa shape index (κ3) is 3.96. The van der Waals surface area contributed by atoms with E-state index in [2.05, 4.69) is 40.3 Å². The fourth-order valence-electron chi connectivity index (χ4n) is 2.62. The van der Waals surface area contributed by atoms with Crippen LogP contribution in [-0.4, -0.2) is 13.7 Å². The average Bonchev–Trinajstić information content (AvgIpc) is 2.38. The van der Waals surface area contributed by atoms with Crippen molar-refractivity contribution in [3.8, 4) is 5.75 Å². The van der Waals surface area contributed by atoms with Crippen LogP contribution in [0.4, 0.5) is 0 Å². The maximum Gasteiger partial charge on any atom is 0.119 e. The Morgan fingerprint density at radius 3 is 2.79 bits per heavy atom. The van der Waals surface area contributed by atoms with Crippen LogP contribution in [0.3, 0.4) is 0 Å². The number of hydrogen-bond donors (Lipinski definition) is 1. The van der Waals surface area contributed by atoms with Gasteiger partial charge in [-0.25, -0.2) is 0 Å². The molecule has 1 aromatic rings. The van der Waals surface area contributed by atoms with E-state index in [0.29, 0.717) is 6.04 Å². The van der Waals surface area contributed by atoms with Gasteiger partial charge in [-0.15, -0.1) is 0 Å². The van der Waals surface area contributed by atoms with Crippen molar-refractivity contribution in [2.24, 2.45) is 5.92 Å². The number of nitrogens with one attached hydrogen (secondary N) is 1. The zero-order chi connectivity index (χ0) is 13.7. The molecule has 1 aromatic carbocycles. The van der Waals surface area contributed by atoms with Crippen LogP contribution in [-0.2, 0) is 0 Å². The molecule has 0 aliphatic heterocycles. The van der Waals surface area contributed by atoms with Crippen LogP contribution in [0.5, 0.6) is 5.75 Å². The molecule has 1 fully saturated rings. The molecule has 2 rings (SSSR count). The summed E-state index contributed by atoms with van der Waals surface area (Å²) >= 11 is 3.69. The molecule has 0 bridgehead atoms. The Kier molecular flexibility index (Phi) is 5.71. The number of rotatable bonds is 7. The first-order chi connectivity index (χ1) is 9.24. The first kappa shape index (κ1) is 14.9. The molecular formula is C16H24BrNO. The number of methoxy groups -OCH3 is 1. The van der Waals surface area contributed by atoms with Crippen molar-refractivity contribution in [3.63, 3.8) is 0 Å². The average molecular weight is 326 g/mol. The summed E-state index contributed by atoms with van der Waals surface area (Å²) < 4.78 is 6.54. The maximum absolute atomic E-state index is 5.36. The topological polar surface area (TPSA) is 21.3 Å². The van der Waals surface area contributed by atoms with Crippen molar-refractivity contribution >= 4 is 15.9 Å². The highest BCUT2D eigenvalue weighted by Gasteiger charge is 2.24. The molecule has 0 amide bonds. The molecule has 0 heterocycles. The lowest BCUT2D eigenvalue weighted by atomic mass is 9.79. The van der Waals surface area contributed by atoms with Crippen LogP contribution in [0.15, 0.2) is 22.7 Å². The Morgan fingerprint density at radius 2 is 2.21 bits per heavy atom. The van der Waals surface area contributed by atoms with Crippen molar-refractivity contribution in [2.75, 3.05) is 13.7 Å². The smallest absolute Gasteiger partial charge is 0.119 e. The zero-order valence-corrected chi connectivity index (χ0v) is 13.5. The predicted molar refractivity (Wildman–Crippen MR) is 83.7 cm³/mol. The van der Waals surface area contributed by atoms with Gasteiger partial charge in [0.15, 0.2) is 0 Å². The molecule has 1 unspecified atom stereocenters. The lowest BCUT2D eigenvalue weighted by Crippen LogP contribution is -2.27. The Morgan fingerprint density at radius 1 is 1.42 bits per heavy atom. The Hall–Kier alpha value is -0.540. The standard InChI is InChI=1S/C16H24BrNO/c1-3-9-18-16(10-12-5-4-6-12)14-11-13(19-2)7-8-15(14)17/h7-8,11-12,16,18H,3-6,9-10H2,1-2H3. The predicted octanol–water partition coefficient (Wildman–Crippen LogP) is 4.69. The van der Waals surface area contributed by atoms with E-state index in [4.69, 9.17) is 4.74 Å². The van der Waals surface area contributed by atoms with Gasteiger partial charge in [-0.2, -0.15) is 0 Å². The Balaban J connectivity index is 2.14. The summed E-state index contributed by atoms with van der Waals surface area (Å²) in [7, 11) is 1.73. The van der Waals surface area contributed by atoms with Crippen LogP contribution in [0, 0.1) is 5.92 Å². The van der Waals surface area contributed by atoms with E-state index in [1.165, 1.54) is 42.1 Å². The van der Waals surface area contributed by atoms with Crippen LogP contribution in [0.25, 0.3) is 0 Å². The zero-order valence-electron chi connectivity index (χ0n) is 11.9. The summed E-state index contributed by atoms with van der Waals surface area (Å²) in [6, 6.07) is 6.70. The van der Waals surface area contributed by atoms with Crippen molar-refractivity contribution < 1.29 is 4.74 Å².